The number of carbonyl (C=O) groups excluding carboxylic acids is 2. The van der Waals surface area contributed by atoms with Gasteiger partial charge in [0.15, 0.2) is 0 Å². The maximum atomic E-state index is 13.5. The molecule has 1 atom stereocenters. The number of thioether (sulfide) groups is 1. The van der Waals surface area contributed by atoms with Crippen molar-refractivity contribution in [3.05, 3.63) is 29.6 Å². The van der Waals surface area contributed by atoms with Crippen LogP contribution in [0.1, 0.15) is 63.0 Å². The molecule has 1 saturated carbocycles. The molecular weight excluding hydrogens is 365 g/mol. The van der Waals surface area contributed by atoms with Crippen molar-refractivity contribution in [1.82, 2.24) is 16.0 Å². The third-order valence-electron chi connectivity index (χ3n) is 5.15. The second-order valence-electron chi connectivity index (χ2n) is 7.28. The molecule has 148 valence electrons. The van der Waals surface area contributed by atoms with Gasteiger partial charge in [0.25, 0.3) is 0 Å². The third kappa shape index (κ3) is 6.13. The fourth-order valence-electron chi connectivity index (χ4n) is 3.72. The number of rotatable bonds is 6. The van der Waals surface area contributed by atoms with Gasteiger partial charge in [0.1, 0.15) is 5.82 Å². The summed E-state index contributed by atoms with van der Waals surface area (Å²) in [5, 5.41) is 8.84. The SMILES string of the molecule is O=C(CCCNC(=O)NC1CCCCC1)NC1CCSc2ccc(F)cc21. The molecule has 1 unspecified atom stereocenters. The van der Waals surface area contributed by atoms with Crippen molar-refractivity contribution >= 4 is 23.7 Å². The molecule has 3 amide bonds. The molecule has 1 fully saturated rings. The van der Waals surface area contributed by atoms with Crippen molar-refractivity contribution < 1.29 is 14.0 Å². The molecule has 1 aliphatic heterocycles. The zero-order valence-corrected chi connectivity index (χ0v) is 16.4. The lowest BCUT2D eigenvalue weighted by atomic mass is 9.96. The van der Waals surface area contributed by atoms with E-state index < -0.39 is 0 Å². The van der Waals surface area contributed by atoms with Gasteiger partial charge in [-0.15, -0.1) is 11.8 Å². The number of amides is 3. The lowest BCUT2D eigenvalue weighted by molar-refractivity contribution is -0.122. The summed E-state index contributed by atoms with van der Waals surface area (Å²) < 4.78 is 13.5. The third-order valence-corrected chi connectivity index (χ3v) is 6.28. The molecule has 0 saturated heterocycles. The first-order valence-corrected chi connectivity index (χ1v) is 10.9. The predicted molar refractivity (Wildman–Crippen MR) is 105 cm³/mol. The Morgan fingerprint density at radius 1 is 1.11 bits per heavy atom. The average molecular weight is 394 g/mol. The van der Waals surface area contributed by atoms with E-state index >= 15 is 0 Å². The summed E-state index contributed by atoms with van der Waals surface area (Å²) in [4.78, 5) is 25.1. The van der Waals surface area contributed by atoms with E-state index in [4.69, 9.17) is 0 Å². The molecular formula is C20H28FN3O2S. The summed E-state index contributed by atoms with van der Waals surface area (Å²) in [6.07, 6.45) is 7.45. The van der Waals surface area contributed by atoms with Gasteiger partial charge in [-0.1, -0.05) is 19.3 Å². The molecule has 1 heterocycles. The summed E-state index contributed by atoms with van der Waals surface area (Å²) in [6.45, 7) is 0.470. The van der Waals surface area contributed by atoms with Crippen LogP contribution in [-0.4, -0.2) is 30.3 Å². The van der Waals surface area contributed by atoms with Gasteiger partial charge in [0.2, 0.25) is 5.91 Å². The number of fused-ring (bicyclic) bond motifs is 1. The van der Waals surface area contributed by atoms with Crippen LogP contribution in [0.15, 0.2) is 23.1 Å². The normalized spacial score (nSPS) is 19.8. The Bertz CT molecular complexity index is 665. The minimum atomic E-state index is -0.274. The van der Waals surface area contributed by atoms with E-state index in [1.54, 1.807) is 17.8 Å². The highest BCUT2D eigenvalue weighted by Crippen LogP contribution is 2.36. The van der Waals surface area contributed by atoms with Crippen molar-refractivity contribution in [1.29, 1.82) is 0 Å². The lowest BCUT2D eigenvalue weighted by Crippen LogP contribution is -2.43. The van der Waals surface area contributed by atoms with Crippen molar-refractivity contribution in [3.8, 4) is 0 Å². The van der Waals surface area contributed by atoms with Gasteiger partial charge in [-0.3, -0.25) is 4.79 Å². The molecule has 3 rings (SSSR count). The Labute approximate surface area is 164 Å². The number of urea groups is 1. The number of benzene rings is 1. The fraction of sp³-hybridized carbons (Fsp3) is 0.600. The van der Waals surface area contributed by atoms with E-state index in [9.17, 15) is 14.0 Å². The highest BCUT2D eigenvalue weighted by Gasteiger charge is 2.22. The quantitative estimate of drug-likeness (QED) is 0.642. The molecule has 3 N–H and O–H groups in total. The lowest BCUT2D eigenvalue weighted by Gasteiger charge is -2.26. The van der Waals surface area contributed by atoms with Crippen LogP contribution in [0.2, 0.25) is 0 Å². The van der Waals surface area contributed by atoms with E-state index in [1.165, 1.54) is 31.4 Å². The van der Waals surface area contributed by atoms with Crippen molar-refractivity contribution in [2.45, 2.75) is 68.3 Å². The number of halogens is 1. The van der Waals surface area contributed by atoms with Gasteiger partial charge >= 0.3 is 6.03 Å². The van der Waals surface area contributed by atoms with Crippen LogP contribution in [0.5, 0.6) is 0 Å². The number of hydrogen-bond donors (Lipinski definition) is 3. The van der Waals surface area contributed by atoms with Gasteiger partial charge < -0.3 is 16.0 Å². The first kappa shape index (κ1) is 20.0. The Hall–Kier alpha value is -1.76. The van der Waals surface area contributed by atoms with Crippen LogP contribution in [0, 0.1) is 5.82 Å². The van der Waals surface area contributed by atoms with Gasteiger partial charge in [0.05, 0.1) is 6.04 Å². The second kappa shape index (κ2) is 9.97. The zero-order chi connectivity index (χ0) is 19.1. The molecule has 1 aromatic carbocycles. The molecule has 0 radical (unpaired) electrons. The Balaban J connectivity index is 1.35. The van der Waals surface area contributed by atoms with Gasteiger partial charge in [-0.05, 0) is 49.4 Å². The molecule has 0 spiro atoms. The molecule has 1 aliphatic carbocycles. The Morgan fingerprint density at radius 2 is 1.93 bits per heavy atom. The van der Waals surface area contributed by atoms with Crippen molar-refractivity contribution in [2.24, 2.45) is 0 Å². The summed E-state index contributed by atoms with van der Waals surface area (Å²) in [7, 11) is 0. The van der Waals surface area contributed by atoms with Crippen LogP contribution in [0.4, 0.5) is 9.18 Å². The Kier molecular flexibility index (Phi) is 7.38. The predicted octanol–water partition coefficient (Wildman–Crippen LogP) is 3.89. The largest absolute Gasteiger partial charge is 0.349 e. The van der Waals surface area contributed by atoms with Gasteiger partial charge in [0, 0.05) is 29.7 Å². The summed E-state index contributed by atoms with van der Waals surface area (Å²) in [5.41, 5.74) is 0.865. The molecule has 0 aromatic heterocycles. The highest BCUT2D eigenvalue weighted by molar-refractivity contribution is 7.99. The van der Waals surface area contributed by atoms with Crippen molar-refractivity contribution in [2.75, 3.05) is 12.3 Å². The molecule has 27 heavy (non-hydrogen) atoms. The minimum absolute atomic E-state index is 0.0587. The van der Waals surface area contributed by atoms with E-state index in [-0.39, 0.29) is 29.8 Å². The average Bonchev–Trinajstić information content (AvgIpc) is 2.66. The molecule has 2 aliphatic rings. The van der Waals surface area contributed by atoms with Crippen LogP contribution < -0.4 is 16.0 Å². The van der Waals surface area contributed by atoms with E-state index in [0.29, 0.717) is 19.4 Å². The monoisotopic (exact) mass is 393 g/mol. The number of nitrogens with one attached hydrogen (secondary N) is 3. The minimum Gasteiger partial charge on any atom is -0.349 e. The zero-order valence-electron chi connectivity index (χ0n) is 15.6. The maximum Gasteiger partial charge on any atom is 0.315 e. The first-order valence-electron chi connectivity index (χ1n) is 9.88. The number of hydrogen-bond acceptors (Lipinski definition) is 3. The van der Waals surface area contributed by atoms with Crippen LogP contribution >= 0.6 is 11.8 Å². The number of carbonyl (C=O) groups is 2. The molecule has 1 aromatic rings. The van der Waals surface area contributed by atoms with Gasteiger partial charge in [-0.25, -0.2) is 9.18 Å². The highest BCUT2D eigenvalue weighted by atomic mass is 32.2. The summed E-state index contributed by atoms with van der Waals surface area (Å²) in [5.74, 6) is 0.576. The molecule has 0 bridgehead atoms. The van der Waals surface area contributed by atoms with E-state index in [1.807, 2.05) is 0 Å². The standard InChI is InChI=1S/C20H28FN3O2S/c21-14-8-9-18-16(13-14)17(10-12-27-18)24-19(25)7-4-11-22-20(26)23-15-5-2-1-3-6-15/h8-9,13,15,17H,1-7,10-12H2,(H,24,25)(H2,22,23,26). The van der Waals surface area contributed by atoms with Crippen molar-refractivity contribution in [3.63, 3.8) is 0 Å². The fourth-order valence-corrected chi connectivity index (χ4v) is 4.82. The molecule has 7 heteroatoms. The van der Waals surface area contributed by atoms with Crippen LogP contribution in [0.3, 0.4) is 0 Å². The van der Waals surface area contributed by atoms with E-state index in [0.717, 1.165) is 35.5 Å². The summed E-state index contributed by atoms with van der Waals surface area (Å²) >= 11 is 1.69. The van der Waals surface area contributed by atoms with E-state index in [2.05, 4.69) is 16.0 Å². The summed E-state index contributed by atoms with van der Waals surface area (Å²) in [6, 6.07) is 4.77. The Morgan fingerprint density at radius 3 is 2.74 bits per heavy atom. The first-order chi connectivity index (χ1) is 13.1. The van der Waals surface area contributed by atoms with Crippen LogP contribution in [0.25, 0.3) is 0 Å². The smallest absolute Gasteiger partial charge is 0.315 e. The molecule has 5 nitrogen and oxygen atoms in total. The van der Waals surface area contributed by atoms with Crippen LogP contribution in [-0.2, 0) is 4.79 Å². The maximum absolute atomic E-state index is 13.5. The topological polar surface area (TPSA) is 70.2 Å². The second-order valence-corrected chi connectivity index (χ2v) is 8.41. The van der Waals surface area contributed by atoms with Gasteiger partial charge in [-0.2, -0.15) is 0 Å².